The van der Waals surface area contributed by atoms with E-state index >= 15 is 0 Å². The highest BCUT2D eigenvalue weighted by Gasteiger charge is 2.66. The van der Waals surface area contributed by atoms with Crippen molar-refractivity contribution in [2.75, 3.05) is 0 Å². The van der Waals surface area contributed by atoms with Crippen molar-refractivity contribution in [1.29, 1.82) is 0 Å². The van der Waals surface area contributed by atoms with E-state index in [1.54, 1.807) is 0 Å². The van der Waals surface area contributed by atoms with Gasteiger partial charge in [-0.2, -0.15) is 0 Å². The molecule has 1 aliphatic heterocycles. The first-order chi connectivity index (χ1) is 19.5. The number of rotatable bonds is 6. The van der Waals surface area contributed by atoms with E-state index < -0.39 is 0 Å². The lowest BCUT2D eigenvalue weighted by atomic mass is 9.45. The molecular formula is C36H48O5. The van der Waals surface area contributed by atoms with Gasteiger partial charge in [-0.25, -0.2) is 4.79 Å². The van der Waals surface area contributed by atoms with Gasteiger partial charge in [0.2, 0.25) is 0 Å². The fourth-order valence-electron chi connectivity index (χ4n) is 10.1. The molecule has 6 rings (SSSR count). The lowest BCUT2D eigenvalue weighted by Crippen LogP contribution is -2.57. The van der Waals surface area contributed by atoms with E-state index in [1.807, 2.05) is 30.3 Å². The molecule has 0 amide bonds. The summed E-state index contributed by atoms with van der Waals surface area (Å²) in [4.78, 5) is 25.3. The Hall–Kier alpha value is -2.40. The van der Waals surface area contributed by atoms with E-state index in [2.05, 4.69) is 40.3 Å². The minimum atomic E-state index is -0.244. The highest BCUT2D eigenvalue weighted by molar-refractivity contribution is 5.89. The van der Waals surface area contributed by atoms with Crippen molar-refractivity contribution in [3.05, 3.63) is 59.7 Å². The average Bonchev–Trinajstić information content (AvgIpc) is 3.41. The van der Waals surface area contributed by atoms with Gasteiger partial charge in [0, 0.05) is 18.3 Å². The summed E-state index contributed by atoms with van der Waals surface area (Å²) >= 11 is 0. The van der Waals surface area contributed by atoms with Crippen molar-refractivity contribution in [3.8, 4) is 0 Å². The SMILES string of the molecule is C=C(C)CC[C@H]1O[C@H]2C=C3[C@@H]4CC[C@H]5C[C@@H](OC(C)=O)CC[C@]5(C)[C@H]4C[C@@H](OC(=O)c4ccccc4)[C@]3(C)[C@H]2[C@@H]1C. The van der Waals surface area contributed by atoms with E-state index in [9.17, 15) is 9.59 Å². The van der Waals surface area contributed by atoms with Crippen LogP contribution in [-0.4, -0.2) is 36.4 Å². The fraction of sp³-hybridized carbons (Fsp3) is 0.667. The summed E-state index contributed by atoms with van der Waals surface area (Å²) in [6, 6.07) is 9.45. The van der Waals surface area contributed by atoms with Crippen molar-refractivity contribution < 1.29 is 23.8 Å². The van der Waals surface area contributed by atoms with Crippen LogP contribution in [0.4, 0.5) is 0 Å². The van der Waals surface area contributed by atoms with Crippen LogP contribution in [0.5, 0.6) is 0 Å². The van der Waals surface area contributed by atoms with Crippen LogP contribution in [0.2, 0.25) is 0 Å². The molecular weight excluding hydrogens is 512 g/mol. The zero-order chi connectivity index (χ0) is 29.1. The lowest BCUT2D eigenvalue weighted by Gasteiger charge is -2.61. The molecule has 1 aromatic rings. The monoisotopic (exact) mass is 560 g/mol. The van der Waals surface area contributed by atoms with Crippen molar-refractivity contribution in [2.45, 2.75) is 110 Å². The van der Waals surface area contributed by atoms with Crippen molar-refractivity contribution in [1.82, 2.24) is 0 Å². The van der Waals surface area contributed by atoms with Crippen LogP contribution in [0.15, 0.2) is 54.1 Å². The molecule has 1 aromatic carbocycles. The highest BCUT2D eigenvalue weighted by Crippen LogP contribution is 2.68. The first kappa shape index (κ1) is 28.7. The number of carbonyl (C=O) groups excluding carboxylic acids is 2. The third kappa shape index (κ3) is 4.80. The molecule has 1 saturated heterocycles. The van der Waals surface area contributed by atoms with Crippen molar-refractivity contribution >= 4 is 11.9 Å². The van der Waals surface area contributed by atoms with E-state index in [4.69, 9.17) is 14.2 Å². The topological polar surface area (TPSA) is 61.8 Å². The Morgan fingerprint density at radius 3 is 2.51 bits per heavy atom. The first-order valence-electron chi connectivity index (χ1n) is 16.0. The van der Waals surface area contributed by atoms with Gasteiger partial charge in [-0.05, 0) is 99.5 Å². The molecule has 0 spiro atoms. The second-order valence-electron chi connectivity index (χ2n) is 14.4. The molecule has 3 saturated carbocycles. The van der Waals surface area contributed by atoms with E-state index in [1.165, 1.54) is 18.1 Å². The van der Waals surface area contributed by atoms with Gasteiger partial charge in [-0.15, -0.1) is 6.58 Å². The fourth-order valence-corrected chi connectivity index (χ4v) is 10.1. The Bertz CT molecular complexity index is 1220. The van der Waals surface area contributed by atoms with Gasteiger partial charge in [-0.3, -0.25) is 4.79 Å². The summed E-state index contributed by atoms with van der Waals surface area (Å²) in [5, 5.41) is 0. The molecule has 5 aliphatic rings. The van der Waals surface area contributed by atoms with Gasteiger partial charge < -0.3 is 14.2 Å². The van der Waals surface area contributed by atoms with Crippen LogP contribution >= 0.6 is 0 Å². The molecule has 11 atom stereocenters. The molecule has 0 radical (unpaired) electrons. The number of allylic oxidation sites excluding steroid dienone is 1. The molecule has 5 nitrogen and oxygen atoms in total. The number of carbonyl (C=O) groups is 2. The molecule has 5 heteroatoms. The van der Waals surface area contributed by atoms with Crippen LogP contribution in [-0.2, 0) is 19.0 Å². The second-order valence-corrected chi connectivity index (χ2v) is 14.4. The van der Waals surface area contributed by atoms with E-state index in [-0.39, 0.29) is 47.2 Å². The third-order valence-electron chi connectivity index (χ3n) is 12.1. The van der Waals surface area contributed by atoms with Gasteiger partial charge in [0.05, 0.1) is 17.8 Å². The zero-order valence-corrected chi connectivity index (χ0v) is 25.6. The quantitative estimate of drug-likeness (QED) is 0.264. The van der Waals surface area contributed by atoms with Crippen LogP contribution in [0.3, 0.4) is 0 Å². The van der Waals surface area contributed by atoms with E-state index in [0.29, 0.717) is 35.2 Å². The minimum Gasteiger partial charge on any atom is -0.463 e. The number of benzene rings is 1. The molecule has 41 heavy (non-hydrogen) atoms. The van der Waals surface area contributed by atoms with Crippen LogP contribution < -0.4 is 0 Å². The molecule has 1 heterocycles. The molecule has 4 aliphatic carbocycles. The Morgan fingerprint density at radius 2 is 1.80 bits per heavy atom. The summed E-state index contributed by atoms with van der Waals surface area (Å²) in [6.45, 7) is 14.9. The van der Waals surface area contributed by atoms with Crippen LogP contribution in [0, 0.1) is 40.4 Å². The summed E-state index contributed by atoms with van der Waals surface area (Å²) < 4.78 is 19.1. The second kappa shape index (κ2) is 10.7. The smallest absolute Gasteiger partial charge is 0.338 e. The molecule has 0 aromatic heterocycles. The maximum absolute atomic E-state index is 13.6. The molecule has 0 bridgehead atoms. The number of hydrogen-bond donors (Lipinski definition) is 0. The van der Waals surface area contributed by atoms with Crippen molar-refractivity contribution in [2.24, 2.45) is 40.4 Å². The standard InChI is InChI=1S/C36H48O5/c1-21(2)12-15-30-22(3)33-31(40-30)19-29-27-14-13-25-18-26(39-23(4)37)16-17-35(25,5)28(27)20-32(36(29,33)6)41-34(38)24-10-8-7-9-11-24/h7-11,19,22,25-28,30-33H,1,12-18,20H2,2-6H3/t22-,25+,26+,27-,28+,30-,31+,32-,33+,35+,36-/m1/s1. The predicted molar refractivity (Wildman–Crippen MR) is 159 cm³/mol. The van der Waals surface area contributed by atoms with Crippen molar-refractivity contribution in [3.63, 3.8) is 0 Å². The highest BCUT2D eigenvalue weighted by atomic mass is 16.5. The summed E-state index contributed by atoms with van der Waals surface area (Å²) in [6.07, 6.45) is 10.6. The van der Waals surface area contributed by atoms with Gasteiger partial charge in [0.15, 0.2) is 0 Å². The molecule has 0 unspecified atom stereocenters. The Morgan fingerprint density at radius 1 is 1.05 bits per heavy atom. The Kier molecular flexibility index (Phi) is 7.49. The maximum Gasteiger partial charge on any atom is 0.338 e. The summed E-state index contributed by atoms with van der Waals surface area (Å²) in [5.41, 5.74) is 3.19. The first-order valence-corrected chi connectivity index (χ1v) is 16.0. The van der Waals surface area contributed by atoms with Gasteiger partial charge >= 0.3 is 11.9 Å². The summed E-state index contributed by atoms with van der Waals surface area (Å²) in [5.74, 6) is 1.70. The number of hydrogen-bond acceptors (Lipinski definition) is 5. The zero-order valence-electron chi connectivity index (χ0n) is 25.6. The predicted octanol–water partition coefficient (Wildman–Crippen LogP) is 7.70. The Labute approximate surface area is 246 Å². The van der Waals surface area contributed by atoms with Crippen LogP contribution in [0.25, 0.3) is 0 Å². The largest absolute Gasteiger partial charge is 0.463 e. The normalized spacial score (nSPS) is 42.7. The Balaban J connectivity index is 1.33. The number of esters is 2. The van der Waals surface area contributed by atoms with Gasteiger partial charge in [0.25, 0.3) is 0 Å². The molecule has 0 N–H and O–H groups in total. The lowest BCUT2D eigenvalue weighted by molar-refractivity contribution is -0.158. The maximum atomic E-state index is 13.6. The summed E-state index contributed by atoms with van der Waals surface area (Å²) in [7, 11) is 0. The molecule has 4 fully saturated rings. The average molecular weight is 561 g/mol. The third-order valence-corrected chi connectivity index (χ3v) is 12.1. The van der Waals surface area contributed by atoms with Gasteiger partial charge in [-0.1, -0.05) is 56.2 Å². The van der Waals surface area contributed by atoms with E-state index in [0.717, 1.165) is 51.4 Å². The van der Waals surface area contributed by atoms with Gasteiger partial charge in [0.1, 0.15) is 12.2 Å². The minimum absolute atomic E-state index is 0.0260. The number of ether oxygens (including phenoxy) is 3. The number of fused-ring (bicyclic) bond motifs is 7. The van der Waals surface area contributed by atoms with Crippen LogP contribution in [0.1, 0.15) is 96.3 Å². The molecule has 222 valence electrons.